The van der Waals surface area contributed by atoms with E-state index in [2.05, 4.69) is 53.8 Å². The summed E-state index contributed by atoms with van der Waals surface area (Å²) < 4.78 is 30.9. The van der Waals surface area contributed by atoms with E-state index in [1.165, 1.54) is 11.1 Å². The molecular weight excluding hydrogens is 468 g/mol. The summed E-state index contributed by atoms with van der Waals surface area (Å²) in [5, 5.41) is 4.52. The molecule has 0 amide bonds. The Morgan fingerprint density at radius 1 is 1.09 bits per heavy atom. The van der Waals surface area contributed by atoms with E-state index in [1.54, 1.807) is 16.8 Å². The number of likely N-dealkylation sites (N-methyl/N-ethyl adjacent to an activating group) is 1. The van der Waals surface area contributed by atoms with Gasteiger partial charge >= 0.3 is 0 Å². The van der Waals surface area contributed by atoms with Crippen LogP contribution in [-0.4, -0.2) is 43.2 Å². The quantitative estimate of drug-likeness (QED) is 0.595. The lowest BCUT2D eigenvalue weighted by molar-refractivity contribution is 0.376. The summed E-state index contributed by atoms with van der Waals surface area (Å²) in [6.45, 7) is 8.10. The van der Waals surface area contributed by atoms with Crippen LogP contribution in [0.3, 0.4) is 0 Å². The summed E-state index contributed by atoms with van der Waals surface area (Å²) in [4.78, 5) is 2.59. The number of hydrogen-bond acceptors (Lipinski definition) is 4. The monoisotopic (exact) mass is 502 g/mol. The summed E-state index contributed by atoms with van der Waals surface area (Å²) in [6.07, 6.45) is 9.55. The van der Waals surface area contributed by atoms with Crippen LogP contribution in [0.5, 0.6) is 0 Å². The van der Waals surface area contributed by atoms with E-state index in [-0.39, 0.29) is 17.3 Å². The van der Waals surface area contributed by atoms with E-state index in [0.29, 0.717) is 18.0 Å². The number of anilines is 1. The Bertz CT molecular complexity index is 1240. The van der Waals surface area contributed by atoms with Crippen LogP contribution in [0.1, 0.15) is 43.6 Å². The van der Waals surface area contributed by atoms with Gasteiger partial charge in [-0.2, -0.15) is 5.10 Å². The highest BCUT2D eigenvalue weighted by atomic mass is 35.5. The van der Waals surface area contributed by atoms with Crippen LogP contribution < -0.4 is 4.72 Å². The maximum absolute atomic E-state index is 13.2. The number of sulfonamides is 1. The molecule has 2 heterocycles. The van der Waals surface area contributed by atoms with Gasteiger partial charge in [0.1, 0.15) is 0 Å². The van der Waals surface area contributed by atoms with E-state index in [9.17, 15) is 8.42 Å². The molecule has 1 aromatic carbocycles. The Labute approximate surface area is 209 Å². The Morgan fingerprint density at radius 3 is 2.47 bits per heavy atom. The number of aromatic nitrogens is 2. The van der Waals surface area contributed by atoms with Crippen LogP contribution in [0.15, 0.2) is 58.5 Å². The largest absolute Gasteiger partial charge is 0.302 e. The van der Waals surface area contributed by atoms with Crippen molar-refractivity contribution in [2.75, 3.05) is 24.9 Å². The molecule has 0 bridgehead atoms. The first-order chi connectivity index (χ1) is 15.6. The molecule has 0 saturated carbocycles. The molecule has 184 valence electrons. The summed E-state index contributed by atoms with van der Waals surface area (Å²) in [5.41, 5.74) is 7.13. The van der Waals surface area contributed by atoms with Crippen molar-refractivity contribution in [1.29, 1.82) is 0 Å². The minimum Gasteiger partial charge on any atom is -0.302 e. The third-order valence-corrected chi connectivity index (χ3v) is 7.73. The third-order valence-electron chi connectivity index (χ3n) is 6.37. The SMILES string of the molecule is Cc1c(NS(=O)(=O)c2ccc(C3=CCC4=CCCN(C)CC4=C3)cc2)c(CC(C)C)nn1C.Cl. The van der Waals surface area contributed by atoms with Gasteiger partial charge in [-0.25, -0.2) is 8.42 Å². The highest BCUT2D eigenvalue weighted by Gasteiger charge is 2.22. The van der Waals surface area contributed by atoms with E-state index in [4.69, 9.17) is 0 Å². The second-order valence-electron chi connectivity index (χ2n) is 9.55. The van der Waals surface area contributed by atoms with Crippen LogP contribution in [-0.2, 0) is 23.5 Å². The van der Waals surface area contributed by atoms with Crippen molar-refractivity contribution >= 4 is 33.7 Å². The van der Waals surface area contributed by atoms with Crippen LogP contribution in [0.2, 0.25) is 0 Å². The number of halogens is 1. The lowest BCUT2D eigenvalue weighted by Gasteiger charge is -2.20. The summed E-state index contributed by atoms with van der Waals surface area (Å²) in [6, 6.07) is 7.18. The number of benzene rings is 1. The molecular formula is C26H35ClN4O2S. The predicted octanol–water partition coefficient (Wildman–Crippen LogP) is 5.13. The van der Waals surface area contributed by atoms with Gasteiger partial charge in [-0.15, -0.1) is 12.4 Å². The van der Waals surface area contributed by atoms with Crippen molar-refractivity contribution in [3.8, 4) is 0 Å². The minimum atomic E-state index is -3.71. The van der Waals surface area contributed by atoms with Crippen molar-refractivity contribution in [3.63, 3.8) is 0 Å². The molecule has 0 spiro atoms. The summed E-state index contributed by atoms with van der Waals surface area (Å²) >= 11 is 0. The van der Waals surface area contributed by atoms with Gasteiger partial charge in [0.2, 0.25) is 0 Å². The molecule has 1 aromatic heterocycles. The van der Waals surface area contributed by atoms with Gasteiger partial charge < -0.3 is 4.90 Å². The zero-order valence-electron chi connectivity index (χ0n) is 20.6. The highest BCUT2D eigenvalue weighted by Crippen LogP contribution is 2.32. The molecule has 4 rings (SSSR count). The molecule has 1 N–H and O–H groups in total. The average Bonchev–Trinajstić information content (AvgIpc) is 2.91. The molecule has 6 nitrogen and oxygen atoms in total. The van der Waals surface area contributed by atoms with Gasteiger partial charge in [0.25, 0.3) is 10.0 Å². The Kier molecular flexibility index (Phi) is 8.11. The number of aryl methyl sites for hydroxylation is 1. The van der Waals surface area contributed by atoms with Crippen molar-refractivity contribution in [1.82, 2.24) is 14.7 Å². The molecule has 0 atom stereocenters. The third kappa shape index (κ3) is 5.65. The van der Waals surface area contributed by atoms with Crippen molar-refractivity contribution < 1.29 is 8.42 Å². The van der Waals surface area contributed by atoms with Gasteiger partial charge in [0, 0.05) is 20.1 Å². The second kappa shape index (κ2) is 10.5. The maximum Gasteiger partial charge on any atom is 0.262 e. The molecule has 8 heteroatoms. The molecule has 0 fully saturated rings. The number of fused-ring (bicyclic) bond motifs is 1. The number of nitrogens with one attached hydrogen (secondary N) is 1. The maximum atomic E-state index is 13.2. The van der Waals surface area contributed by atoms with E-state index >= 15 is 0 Å². The van der Waals surface area contributed by atoms with E-state index < -0.39 is 10.0 Å². The van der Waals surface area contributed by atoms with Gasteiger partial charge in [-0.05, 0) is 79.6 Å². The molecule has 34 heavy (non-hydrogen) atoms. The highest BCUT2D eigenvalue weighted by molar-refractivity contribution is 7.92. The molecule has 0 radical (unpaired) electrons. The molecule has 2 aromatic rings. The molecule has 0 unspecified atom stereocenters. The van der Waals surface area contributed by atoms with Crippen LogP contribution in [0, 0.1) is 12.8 Å². The topological polar surface area (TPSA) is 67.2 Å². The second-order valence-corrected chi connectivity index (χ2v) is 11.2. The lowest BCUT2D eigenvalue weighted by atomic mass is 9.90. The zero-order valence-corrected chi connectivity index (χ0v) is 22.3. The number of hydrogen-bond donors (Lipinski definition) is 1. The number of allylic oxidation sites excluding steroid dienone is 3. The average molecular weight is 503 g/mol. The molecule has 0 saturated heterocycles. The fourth-order valence-corrected chi connectivity index (χ4v) is 5.59. The molecule has 1 aliphatic heterocycles. The van der Waals surface area contributed by atoms with E-state index in [1.807, 2.05) is 26.1 Å². The van der Waals surface area contributed by atoms with Crippen LogP contribution in [0.4, 0.5) is 5.69 Å². The molecule has 2 aliphatic rings. The Morgan fingerprint density at radius 2 is 1.79 bits per heavy atom. The van der Waals surface area contributed by atoms with Crippen LogP contribution >= 0.6 is 12.4 Å². The van der Waals surface area contributed by atoms with Gasteiger partial charge in [0.05, 0.1) is 22.0 Å². The summed E-state index contributed by atoms with van der Waals surface area (Å²) in [5.74, 6) is 0.378. The predicted molar refractivity (Wildman–Crippen MR) is 142 cm³/mol. The van der Waals surface area contributed by atoms with Crippen LogP contribution in [0.25, 0.3) is 5.57 Å². The number of nitrogens with zero attached hydrogens (tertiary/aromatic N) is 3. The fourth-order valence-electron chi connectivity index (χ4n) is 4.44. The van der Waals surface area contributed by atoms with Gasteiger partial charge in [-0.3, -0.25) is 9.40 Å². The Balaban J connectivity index is 0.00000324. The van der Waals surface area contributed by atoms with Crippen molar-refractivity contribution in [3.05, 3.63) is 70.6 Å². The normalized spacial score (nSPS) is 16.7. The minimum absolute atomic E-state index is 0. The standard InChI is InChI=1S/C26H34N4O2S.ClH/c1-18(2)15-25-26(19(3)30(5)27-25)28-33(31,32)24-12-10-21(11-13-24)22-9-8-20-7-6-14-29(4)17-23(20)16-22;/h7,9-13,16,18,28H,6,8,14-15,17H2,1-5H3;1H. The lowest BCUT2D eigenvalue weighted by Crippen LogP contribution is -2.21. The molecule has 1 aliphatic carbocycles. The first-order valence-corrected chi connectivity index (χ1v) is 13.1. The first-order valence-electron chi connectivity index (χ1n) is 11.6. The van der Waals surface area contributed by atoms with Crippen molar-refractivity contribution in [2.45, 2.75) is 44.9 Å². The first kappa shape index (κ1) is 26.3. The van der Waals surface area contributed by atoms with E-state index in [0.717, 1.165) is 48.5 Å². The van der Waals surface area contributed by atoms with Gasteiger partial charge in [0.15, 0.2) is 0 Å². The number of rotatable bonds is 6. The Hall–Kier alpha value is -2.35. The fraction of sp³-hybridized carbons (Fsp3) is 0.423. The smallest absolute Gasteiger partial charge is 0.262 e. The van der Waals surface area contributed by atoms with Gasteiger partial charge in [-0.1, -0.05) is 38.1 Å². The zero-order chi connectivity index (χ0) is 23.8. The summed E-state index contributed by atoms with van der Waals surface area (Å²) in [7, 11) is 0.276. The van der Waals surface area contributed by atoms with Crippen molar-refractivity contribution in [2.24, 2.45) is 13.0 Å².